The maximum Gasteiger partial charge on any atom is 0.251 e. The van der Waals surface area contributed by atoms with Gasteiger partial charge in [0, 0.05) is 12.1 Å². The summed E-state index contributed by atoms with van der Waals surface area (Å²) in [6.45, 7) is 5.13. The molecule has 0 unspecified atom stereocenters. The van der Waals surface area contributed by atoms with E-state index in [1.807, 2.05) is 31.2 Å². The van der Waals surface area contributed by atoms with Crippen molar-refractivity contribution in [3.63, 3.8) is 0 Å². The Labute approximate surface area is 149 Å². The molecular formula is C20H26N2O3. The molecule has 0 bridgehead atoms. The van der Waals surface area contributed by atoms with E-state index < -0.39 is 0 Å². The van der Waals surface area contributed by atoms with E-state index in [0.29, 0.717) is 24.5 Å². The van der Waals surface area contributed by atoms with Crippen LogP contribution in [0.1, 0.15) is 48.3 Å². The van der Waals surface area contributed by atoms with E-state index in [1.54, 1.807) is 18.4 Å². The highest BCUT2D eigenvalue weighted by molar-refractivity contribution is 5.94. The van der Waals surface area contributed by atoms with Crippen molar-refractivity contribution in [2.75, 3.05) is 26.2 Å². The molecule has 0 spiro atoms. The van der Waals surface area contributed by atoms with Crippen LogP contribution in [0.15, 0.2) is 47.1 Å². The van der Waals surface area contributed by atoms with Crippen LogP contribution >= 0.6 is 0 Å². The van der Waals surface area contributed by atoms with Crippen LogP contribution in [0.2, 0.25) is 0 Å². The molecular weight excluding hydrogens is 316 g/mol. The summed E-state index contributed by atoms with van der Waals surface area (Å²) >= 11 is 0. The summed E-state index contributed by atoms with van der Waals surface area (Å²) in [5.41, 5.74) is 0.614. The van der Waals surface area contributed by atoms with Crippen molar-refractivity contribution in [1.29, 1.82) is 0 Å². The summed E-state index contributed by atoms with van der Waals surface area (Å²) in [4.78, 5) is 14.9. The number of amides is 1. The molecule has 0 radical (unpaired) electrons. The van der Waals surface area contributed by atoms with E-state index in [9.17, 15) is 4.79 Å². The van der Waals surface area contributed by atoms with Gasteiger partial charge in [0.1, 0.15) is 11.5 Å². The summed E-state index contributed by atoms with van der Waals surface area (Å²) in [6.07, 6.45) is 5.36. The van der Waals surface area contributed by atoms with Crippen molar-refractivity contribution in [2.24, 2.45) is 0 Å². The monoisotopic (exact) mass is 342 g/mol. The first-order valence-electron chi connectivity index (χ1n) is 9.06. The largest absolute Gasteiger partial charge is 0.494 e. The minimum atomic E-state index is -0.0879. The van der Waals surface area contributed by atoms with E-state index in [2.05, 4.69) is 10.2 Å². The first-order valence-corrected chi connectivity index (χ1v) is 9.06. The second-order valence-electron chi connectivity index (χ2n) is 6.30. The number of ether oxygens (including phenoxy) is 1. The number of rotatable bonds is 7. The number of piperidine rings is 1. The highest BCUT2D eigenvalue weighted by atomic mass is 16.5. The number of carbonyl (C=O) groups is 1. The molecule has 0 saturated carbocycles. The van der Waals surface area contributed by atoms with Gasteiger partial charge in [0.2, 0.25) is 0 Å². The SMILES string of the molecule is CCOc1cccc(C(=O)NC[C@H](c2ccco2)N2CCCCC2)c1. The van der Waals surface area contributed by atoms with Crippen LogP contribution in [-0.2, 0) is 0 Å². The Morgan fingerprint density at radius 3 is 2.80 bits per heavy atom. The lowest BCUT2D eigenvalue weighted by Crippen LogP contribution is -2.40. The summed E-state index contributed by atoms with van der Waals surface area (Å²) in [5, 5.41) is 3.06. The van der Waals surface area contributed by atoms with Crippen molar-refractivity contribution in [2.45, 2.75) is 32.2 Å². The molecule has 1 amide bonds. The third-order valence-corrected chi connectivity index (χ3v) is 4.57. The molecule has 1 aromatic heterocycles. The second-order valence-corrected chi connectivity index (χ2v) is 6.30. The Morgan fingerprint density at radius 2 is 2.08 bits per heavy atom. The van der Waals surface area contributed by atoms with Gasteiger partial charge in [-0.15, -0.1) is 0 Å². The third-order valence-electron chi connectivity index (χ3n) is 4.57. The van der Waals surface area contributed by atoms with E-state index in [1.165, 1.54) is 19.3 Å². The fourth-order valence-electron chi connectivity index (χ4n) is 3.31. The predicted octanol–water partition coefficient (Wildman–Crippen LogP) is 3.64. The highest BCUT2D eigenvalue weighted by Crippen LogP contribution is 2.24. The summed E-state index contributed by atoms with van der Waals surface area (Å²) in [7, 11) is 0. The van der Waals surface area contributed by atoms with Gasteiger partial charge >= 0.3 is 0 Å². The second kappa shape index (κ2) is 8.72. The molecule has 5 heteroatoms. The minimum Gasteiger partial charge on any atom is -0.494 e. The van der Waals surface area contributed by atoms with Gasteiger partial charge in [0.05, 0.1) is 18.9 Å². The number of carbonyl (C=O) groups excluding carboxylic acids is 1. The summed E-state index contributed by atoms with van der Waals surface area (Å²) in [5.74, 6) is 1.54. The molecule has 1 aliphatic heterocycles. The third kappa shape index (κ3) is 4.63. The van der Waals surface area contributed by atoms with Crippen LogP contribution in [-0.4, -0.2) is 37.0 Å². The van der Waals surface area contributed by atoms with E-state index >= 15 is 0 Å². The number of nitrogens with zero attached hydrogens (tertiary/aromatic N) is 1. The van der Waals surface area contributed by atoms with Crippen molar-refractivity contribution < 1.29 is 13.9 Å². The van der Waals surface area contributed by atoms with E-state index in [4.69, 9.17) is 9.15 Å². The first kappa shape index (κ1) is 17.5. The van der Waals surface area contributed by atoms with Gasteiger partial charge < -0.3 is 14.5 Å². The molecule has 2 heterocycles. The number of hydrogen-bond donors (Lipinski definition) is 1. The first-order chi connectivity index (χ1) is 12.3. The Morgan fingerprint density at radius 1 is 1.24 bits per heavy atom. The smallest absolute Gasteiger partial charge is 0.251 e. The molecule has 1 atom stereocenters. The Bertz CT molecular complexity index is 663. The molecule has 3 rings (SSSR count). The maximum atomic E-state index is 12.5. The lowest BCUT2D eigenvalue weighted by atomic mass is 10.1. The zero-order chi connectivity index (χ0) is 17.5. The minimum absolute atomic E-state index is 0.0781. The van der Waals surface area contributed by atoms with Gasteiger partial charge in [-0.25, -0.2) is 0 Å². The summed E-state index contributed by atoms with van der Waals surface area (Å²) in [6, 6.07) is 11.3. The molecule has 1 fully saturated rings. The zero-order valence-corrected chi connectivity index (χ0v) is 14.7. The van der Waals surface area contributed by atoms with Gasteiger partial charge in [-0.2, -0.15) is 0 Å². The van der Waals surface area contributed by atoms with Gasteiger partial charge in [-0.05, 0) is 63.2 Å². The van der Waals surface area contributed by atoms with Gasteiger partial charge in [-0.1, -0.05) is 12.5 Å². The van der Waals surface area contributed by atoms with Gasteiger partial charge in [0.25, 0.3) is 5.91 Å². The lowest BCUT2D eigenvalue weighted by molar-refractivity contribution is 0.0913. The van der Waals surface area contributed by atoms with E-state index in [0.717, 1.165) is 18.8 Å². The molecule has 134 valence electrons. The van der Waals surface area contributed by atoms with Crippen molar-refractivity contribution >= 4 is 5.91 Å². The maximum absolute atomic E-state index is 12.5. The lowest BCUT2D eigenvalue weighted by Gasteiger charge is -2.33. The fourth-order valence-corrected chi connectivity index (χ4v) is 3.31. The zero-order valence-electron chi connectivity index (χ0n) is 14.7. The van der Waals surface area contributed by atoms with Crippen LogP contribution < -0.4 is 10.1 Å². The van der Waals surface area contributed by atoms with Crippen molar-refractivity contribution in [3.8, 4) is 5.75 Å². The summed E-state index contributed by atoms with van der Waals surface area (Å²) < 4.78 is 11.1. The van der Waals surface area contributed by atoms with Gasteiger partial charge in [-0.3, -0.25) is 9.69 Å². The Hall–Kier alpha value is -2.27. The van der Waals surface area contributed by atoms with Crippen molar-refractivity contribution in [3.05, 3.63) is 54.0 Å². The molecule has 25 heavy (non-hydrogen) atoms. The van der Waals surface area contributed by atoms with Crippen LogP contribution in [0.4, 0.5) is 0 Å². The molecule has 1 aliphatic rings. The Kier molecular flexibility index (Phi) is 6.12. The molecule has 0 aliphatic carbocycles. The number of benzene rings is 1. The van der Waals surface area contributed by atoms with Crippen LogP contribution in [0.25, 0.3) is 0 Å². The van der Waals surface area contributed by atoms with Crippen LogP contribution in [0.3, 0.4) is 0 Å². The number of nitrogens with one attached hydrogen (secondary N) is 1. The topological polar surface area (TPSA) is 54.7 Å². The molecule has 1 N–H and O–H groups in total. The molecule has 1 aromatic carbocycles. The number of hydrogen-bond acceptors (Lipinski definition) is 4. The average Bonchev–Trinajstić information content (AvgIpc) is 3.18. The predicted molar refractivity (Wildman–Crippen MR) is 96.8 cm³/mol. The van der Waals surface area contributed by atoms with Crippen LogP contribution in [0.5, 0.6) is 5.75 Å². The van der Waals surface area contributed by atoms with Crippen molar-refractivity contribution in [1.82, 2.24) is 10.2 Å². The number of likely N-dealkylation sites (tertiary alicyclic amines) is 1. The van der Waals surface area contributed by atoms with E-state index in [-0.39, 0.29) is 11.9 Å². The highest BCUT2D eigenvalue weighted by Gasteiger charge is 2.25. The Balaban J connectivity index is 1.66. The molecule has 2 aromatic rings. The average molecular weight is 342 g/mol. The van der Waals surface area contributed by atoms with Gasteiger partial charge in [0.15, 0.2) is 0 Å². The number of furan rings is 1. The van der Waals surface area contributed by atoms with Crippen LogP contribution in [0, 0.1) is 0 Å². The molecule has 5 nitrogen and oxygen atoms in total. The standard InChI is InChI=1S/C20H26N2O3/c1-2-24-17-9-6-8-16(14-17)20(23)21-15-18(19-10-7-13-25-19)22-11-4-3-5-12-22/h6-10,13-14,18H,2-5,11-12,15H2,1H3,(H,21,23)/t18-/m1/s1. The quantitative estimate of drug-likeness (QED) is 0.835. The normalized spacial score (nSPS) is 16.4. The molecule has 1 saturated heterocycles. The fraction of sp³-hybridized carbons (Fsp3) is 0.450.